The number of hydrogen-bond acceptors (Lipinski definition) is 1. The SMILES string of the molecule is CCCCCCCC1CCC(C2CCC3CC(=O)CCC3C2)CC1. The van der Waals surface area contributed by atoms with Gasteiger partial charge in [0.15, 0.2) is 0 Å². The summed E-state index contributed by atoms with van der Waals surface area (Å²) < 4.78 is 0. The van der Waals surface area contributed by atoms with E-state index in [1.54, 1.807) is 0 Å². The second-order valence-corrected chi connectivity index (χ2v) is 9.36. The van der Waals surface area contributed by atoms with Crippen LogP contribution in [0.4, 0.5) is 0 Å². The van der Waals surface area contributed by atoms with Gasteiger partial charge in [-0.3, -0.25) is 4.79 Å². The number of fused-ring (bicyclic) bond motifs is 1. The number of rotatable bonds is 7. The molecule has 3 saturated carbocycles. The number of Topliss-reactive ketones (excluding diaryl/α,β-unsaturated/α-hetero) is 1. The van der Waals surface area contributed by atoms with E-state index in [9.17, 15) is 4.79 Å². The first-order chi connectivity index (χ1) is 11.8. The van der Waals surface area contributed by atoms with E-state index in [-0.39, 0.29) is 0 Å². The molecule has 0 radical (unpaired) electrons. The van der Waals surface area contributed by atoms with Crippen LogP contribution in [-0.4, -0.2) is 5.78 Å². The summed E-state index contributed by atoms with van der Waals surface area (Å²) in [6, 6.07) is 0. The van der Waals surface area contributed by atoms with E-state index < -0.39 is 0 Å². The van der Waals surface area contributed by atoms with E-state index in [0.29, 0.717) is 5.78 Å². The smallest absolute Gasteiger partial charge is 0.133 e. The van der Waals surface area contributed by atoms with E-state index >= 15 is 0 Å². The van der Waals surface area contributed by atoms with Crippen LogP contribution in [0.3, 0.4) is 0 Å². The van der Waals surface area contributed by atoms with Gasteiger partial charge >= 0.3 is 0 Å². The molecule has 0 saturated heterocycles. The topological polar surface area (TPSA) is 17.1 Å². The van der Waals surface area contributed by atoms with Crippen LogP contribution in [0.2, 0.25) is 0 Å². The van der Waals surface area contributed by atoms with Gasteiger partial charge in [0.2, 0.25) is 0 Å². The molecule has 24 heavy (non-hydrogen) atoms. The van der Waals surface area contributed by atoms with Gasteiger partial charge in [-0.2, -0.15) is 0 Å². The van der Waals surface area contributed by atoms with Gasteiger partial charge in [0, 0.05) is 12.8 Å². The molecule has 0 aromatic rings. The van der Waals surface area contributed by atoms with Gasteiger partial charge in [-0.25, -0.2) is 0 Å². The average Bonchev–Trinajstić information content (AvgIpc) is 2.62. The minimum absolute atomic E-state index is 0.550. The molecular weight excluding hydrogens is 292 g/mol. The highest BCUT2D eigenvalue weighted by molar-refractivity contribution is 5.79. The molecule has 1 nitrogen and oxygen atoms in total. The summed E-state index contributed by atoms with van der Waals surface area (Å²) in [6.07, 6.45) is 22.0. The van der Waals surface area contributed by atoms with Crippen LogP contribution in [0.15, 0.2) is 0 Å². The van der Waals surface area contributed by atoms with Gasteiger partial charge in [0.25, 0.3) is 0 Å². The van der Waals surface area contributed by atoms with Crippen molar-refractivity contribution in [2.45, 2.75) is 110 Å². The minimum Gasteiger partial charge on any atom is -0.300 e. The lowest BCUT2D eigenvalue weighted by molar-refractivity contribution is -0.123. The van der Waals surface area contributed by atoms with Gasteiger partial charge < -0.3 is 0 Å². The molecule has 0 aromatic heterocycles. The van der Waals surface area contributed by atoms with Crippen molar-refractivity contribution in [1.29, 1.82) is 0 Å². The Balaban J connectivity index is 1.34. The van der Waals surface area contributed by atoms with Gasteiger partial charge in [0.05, 0.1) is 0 Å². The molecule has 0 bridgehead atoms. The van der Waals surface area contributed by atoms with E-state index in [4.69, 9.17) is 0 Å². The largest absolute Gasteiger partial charge is 0.300 e. The fourth-order valence-corrected chi connectivity index (χ4v) is 6.14. The zero-order chi connectivity index (χ0) is 16.8. The third-order valence-corrected chi connectivity index (χ3v) is 7.74. The van der Waals surface area contributed by atoms with E-state index in [1.165, 1.54) is 89.9 Å². The van der Waals surface area contributed by atoms with E-state index in [1.807, 2.05) is 0 Å². The first-order valence-corrected chi connectivity index (χ1v) is 11.3. The van der Waals surface area contributed by atoms with Crippen LogP contribution in [0.1, 0.15) is 110 Å². The Bertz CT molecular complexity index is 379. The fraction of sp³-hybridized carbons (Fsp3) is 0.957. The van der Waals surface area contributed by atoms with Crippen molar-refractivity contribution in [2.75, 3.05) is 0 Å². The molecule has 3 fully saturated rings. The van der Waals surface area contributed by atoms with E-state index in [0.717, 1.165) is 42.4 Å². The third-order valence-electron chi connectivity index (χ3n) is 7.74. The normalized spacial score (nSPS) is 37.2. The Hall–Kier alpha value is -0.330. The van der Waals surface area contributed by atoms with Crippen molar-refractivity contribution >= 4 is 5.78 Å². The Morgan fingerprint density at radius 3 is 2.21 bits per heavy atom. The Morgan fingerprint density at radius 2 is 1.42 bits per heavy atom. The molecule has 0 aliphatic heterocycles. The molecule has 3 unspecified atom stereocenters. The van der Waals surface area contributed by atoms with Crippen LogP contribution in [0.25, 0.3) is 0 Å². The lowest BCUT2D eigenvalue weighted by atomic mass is 9.62. The lowest BCUT2D eigenvalue weighted by Gasteiger charge is -2.43. The molecule has 3 aliphatic rings. The van der Waals surface area contributed by atoms with Crippen molar-refractivity contribution in [3.63, 3.8) is 0 Å². The Morgan fingerprint density at radius 1 is 0.750 bits per heavy atom. The summed E-state index contributed by atoms with van der Waals surface area (Å²) in [5.74, 6) is 5.30. The molecule has 0 N–H and O–H groups in total. The van der Waals surface area contributed by atoms with Gasteiger partial charge in [-0.05, 0) is 68.1 Å². The molecule has 0 heterocycles. The molecule has 3 aliphatic carbocycles. The summed E-state index contributed by atoms with van der Waals surface area (Å²) in [5.41, 5.74) is 0. The number of ketones is 1. The summed E-state index contributed by atoms with van der Waals surface area (Å²) in [4.78, 5) is 11.7. The first kappa shape index (κ1) is 18.5. The van der Waals surface area contributed by atoms with Crippen LogP contribution >= 0.6 is 0 Å². The van der Waals surface area contributed by atoms with Crippen molar-refractivity contribution in [1.82, 2.24) is 0 Å². The fourth-order valence-electron chi connectivity index (χ4n) is 6.14. The van der Waals surface area contributed by atoms with Crippen LogP contribution < -0.4 is 0 Å². The maximum Gasteiger partial charge on any atom is 0.133 e. The molecule has 0 amide bonds. The van der Waals surface area contributed by atoms with Crippen molar-refractivity contribution in [2.24, 2.45) is 29.6 Å². The molecule has 0 aromatic carbocycles. The van der Waals surface area contributed by atoms with Gasteiger partial charge in [0.1, 0.15) is 5.78 Å². The van der Waals surface area contributed by atoms with E-state index in [2.05, 4.69) is 6.92 Å². The molecule has 1 heteroatoms. The number of hydrogen-bond donors (Lipinski definition) is 0. The predicted octanol–water partition coefficient (Wildman–Crippen LogP) is 6.94. The molecule has 3 rings (SSSR count). The molecule has 0 spiro atoms. The van der Waals surface area contributed by atoms with Crippen LogP contribution in [-0.2, 0) is 4.79 Å². The molecule has 138 valence electrons. The Kier molecular flexibility index (Phi) is 7.22. The minimum atomic E-state index is 0.550. The standard InChI is InChI=1S/C23H40O/c1-2-3-4-5-6-7-18-8-10-19(11-9-18)20-12-13-22-17-23(24)15-14-21(22)16-20/h18-22H,2-17H2,1H3. The average molecular weight is 333 g/mol. The summed E-state index contributed by atoms with van der Waals surface area (Å²) in [5, 5.41) is 0. The lowest BCUT2D eigenvalue weighted by Crippen LogP contribution is -2.34. The summed E-state index contributed by atoms with van der Waals surface area (Å²) >= 11 is 0. The van der Waals surface area contributed by atoms with Crippen LogP contribution in [0, 0.1) is 29.6 Å². The second-order valence-electron chi connectivity index (χ2n) is 9.36. The van der Waals surface area contributed by atoms with Crippen molar-refractivity contribution < 1.29 is 4.79 Å². The summed E-state index contributed by atoms with van der Waals surface area (Å²) in [6.45, 7) is 2.31. The van der Waals surface area contributed by atoms with Crippen LogP contribution in [0.5, 0.6) is 0 Å². The first-order valence-electron chi connectivity index (χ1n) is 11.3. The number of carbonyl (C=O) groups excluding carboxylic acids is 1. The zero-order valence-electron chi connectivity index (χ0n) is 16.1. The Labute approximate surface area is 150 Å². The van der Waals surface area contributed by atoms with Crippen molar-refractivity contribution in [3.8, 4) is 0 Å². The quantitative estimate of drug-likeness (QED) is 0.461. The third kappa shape index (κ3) is 5.09. The maximum absolute atomic E-state index is 11.7. The highest BCUT2D eigenvalue weighted by atomic mass is 16.1. The monoisotopic (exact) mass is 332 g/mol. The maximum atomic E-state index is 11.7. The highest BCUT2D eigenvalue weighted by Gasteiger charge is 2.38. The highest BCUT2D eigenvalue weighted by Crippen LogP contribution is 2.47. The molecular formula is C23H40O. The van der Waals surface area contributed by atoms with Gasteiger partial charge in [-0.15, -0.1) is 0 Å². The summed E-state index contributed by atoms with van der Waals surface area (Å²) in [7, 11) is 0. The second kappa shape index (κ2) is 9.39. The van der Waals surface area contributed by atoms with Crippen molar-refractivity contribution in [3.05, 3.63) is 0 Å². The predicted molar refractivity (Wildman–Crippen MR) is 102 cm³/mol. The molecule has 3 atom stereocenters. The zero-order valence-corrected chi connectivity index (χ0v) is 16.1. The van der Waals surface area contributed by atoms with Gasteiger partial charge in [-0.1, -0.05) is 58.3 Å². The number of carbonyl (C=O) groups is 1. The number of unbranched alkanes of at least 4 members (excludes halogenated alkanes) is 4.